The van der Waals surface area contributed by atoms with Gasteiger partial charge in [-0.05, 0) is 31.2 Å². The maximum Gasteiger partial charge on any atom is 0.183 e. The Hall–Kier alpha value is -1.39. The molecule has 1 atom stereocenters. The Labute approximate surface area is 117 Å². The van der Waals surface area contributed by atoms with E-state index in [0.717, 1.165) is 37.4 Å². The molecule has 1 aliphatic rings. The van der Waals surface area contributed by atoms with Gasteiger partial charge in [-0.1, -0.05) is 30.3 Å². The predicted molar refractivity (Wildman–Crippen MR) is 80.8 cm³/mol. The number of aryl methyl sites for hydroxylation is 1. The highest BCUT2D eigenvalue weighted by atomic mass is 32.1. The molecular weight excluding hydrogens is 254 g/mol. The number of hydrogen-bond acceptors (Lipinski definition) is 4. The van der Waals surface area contributed by atoms with Crippen molar-refractivity contribution in [1.29, 1.82) is 0 Å². The number of hydrogen-bond donors (Lipinski definition) is 2. The van der Waals surface area contributed by atoms with Crippen LogP contribution in [0.2, 0.25) is 0 Å². The minimum atomic E-state index is 0.324. The van der Waals surface area contributed by atoms with Gasteiger partial charge in [-0.2, -0.15) is 0 Å². The van der Waals surface area contributed by atoms with Gasteiger partial charge in [0.05, 0.1) is 5.69 Å². The van der Waals surface area contributed by atoms with E-state index in [0.29, 0.717) is 6.04 Å². The van der Waals surface area contributed by atoms with Crippen LogP contribution in [0.4, 0.5) is 5.13 Å². The quantitative estimate of drug-likeness (QED) is 0.900. The van der Waals surface area contributed by atoms with Gasteiger partial charge in [-0.3, -0.25) is 0 Å². The summed E-state index contributed by atoms with van der Waals surface area (Å²) < 4.78 is 0. The number of thiazole rings is 1. The lowest BCUT2D eigenvalue weighted by Gasteiger charge is -2.15. The van der Waals surface area contributed by atoms with Crippen molar-refractivity contribution in [2.24, 2.45) is 5.73 Å². The number of nitrogens with zero attached hydrogens (tertiary/aromatic N) is 1. The van der Waals surface area contributed by atoms with E-state index in [1.54, 1.807) is 11.3 Å². The molecule has 0 radical (unpaired) electrons. The number of rotatable bonds is 4. The van der Waals surface area contributed by atoms with Gasteiger partial charge < -0.3 is 11.1 Å². The van der Waals surface area contributed by atoms with Crippen LogP contribution in [0.1, 0.15) is 22.6 Å². The maximum atomic E-state index is 5.99. The van der Waals surface area contributed by atoms with E-state index in [4.69, 9.17) is 5.73 Å². The maximum absolute atomic E-state index is 5.99. The van der Waals surface area contributed by atoms with Gasteiger partial charge in [0.25, 0.3) is 0 Å². The smallest absolute Gasteiger partial charge is 0.183 e. The predicted octanol–water partition coefficient (Wildman–Crippen LogP) is 2.61. The van der Waals surface area contributed by atoms with E-state index in [2.05, 4.69) is 40.6 Å². The summed E-state index contributed by atoms with van der Waals surface area (Å²) in [6, 6.07) is 10.9. The second-order valence-corrected chi connectivity index (χ2v) is 6.14. The van der Waals surface area contributed by atoms with Crippen LogP contribution in [0.5, 0.6) is 0 Å². The van der Waals surface area contributed by atoms with E-state index in [-0.39, 0.29) is 0 Å². The molecule has 0 saturated heterocycles. The van der Waals surface area contributed by atoms with E-state index in [1.807, 2.05) is 0 Å². The molecule has 0 bridgehead atoms. The molecule has 0 fully saturated rings. The Balaban J connectivity index is 1.56. The number of aromatic nitrogens is 1. The number of anilines is 1. The van der Waals surface area contributed by atoms with Crippen LogP contribution in [0, 0.1) is 0 Å². The lowest BCUT2D eigenvalue weighted by molar-refractivity contribution is 0.576. The molecule has 0 spiro atoms. The van der Waals surface area contributed by atoms with Crippen LogP contribution >= 0.6 is 11.3 Å². The number of benzene rings is 1. The van der Waals surface area contributed by atoms with Crippen molar-refractivity contribution in [2.75, 3.05) is 11.9 Å². The van der Waals surface area contributed by atoms with Crippen molar-refractivity contribution in [3.05, 3.63) is 46.5 Å². The van der Waals surface area contributed by atoms with Crippen molar-refractivity contribution in [3.63, 3.8) is 0 Å². The standard InChI is InChI=1S/C15H19N3S/c16-12-6-7-13-14(10-12)19-15(18-13)17-9-8-11-4-2-1-3-5-11/h1-5,12H,6-10,16H2,(H,17,18). The number of nitrogens with two attached hydrogens (primary N) is 1. The molecular formula is C15H19N3S. The molecule has 0 saturated carbocycles. The van der Waals surface area contributed by atoms with Gasteiger partial charge in [0.1, 0.15) is 0 Å². The van der Waals surface area contributed by atoms with Crippen molar-refractivity contribution in [1.82, 2.24) is 4.98 Å². The molecule has 1 aromatic heterocycles. The minimum Gasteiger partial charge on any atom is -0.361 e. The summed E-state index contributed by atoms with van der Waals surface area (Å²) in [5.74, 6) is 0. The Morgan fingerprint density at radius 3 is 3.00 bits per heavy atom. The third kappa shape index (κ3) is 3.14. The first-order valence-corrected chi connectivity index (χ1v) is 7.65. The molecule has 2 aromatic rings. The Morgan fingerprint density at radius 1 is 1.32 bits per heavy atom. The fraction of sp³-hybridized carbons (Fsp3) is 0.400. The molecule has 1 unspecified atom stereocenters. The van der Waals surface area contributed by atoms with Crippen LogP contribution in [-0.2, 0) is 19.3 Å². The highest BCUT2D eigenvalue weighted by molar-refractivity contribution is 7.15. The average Bonchev–Trinajstić information content (AvgIpc) is 2.82. The van der Waals surface area contributed by atoms with E-state index < -0.39 is 0 Å². The van der Waals surface area contributed by atoms with Gasteiger partial charge in [-0.15, -0.1) is 11.3 Å². The Bertz CT molecular complexity index is 536. The summed E-state index contributed by atoms with van der Waals surface area (Å²) in [6.45, 7) is 0.933. The van der Waals surface area contributed by atoms with Crippen LogP contribution in [0.25, 0.3) is 0 Å². The molecule has 1 heterocycles. The third-order valence-electron chi connectivity index (χ3n) is 3.51. The van der Waals surface area contributed by atoms with Crippen LogP contribution in [0.3, 0.4) is 0 Å². The van der Waals surface area contributed by atoms with Gasteiger partial charge >= 0.3 is 0 Å². The second kappa shape index (κ2) is 5.72. The zero-order valence-electron chi connectivity index (χ0n) is 10.9. The molecule has 1 aromatic carbocycles. The lowest BCUT2D eigenvalue weighted by atomic mass is 9.99. The number of nitrogens with one attached hydrogen (secondary N) is 1. The molecule has 0 aliphatic heterocycles. The minimum absolute atomic E-state index is 0.324. The summed E-state index contributed by atoms with van der Waals surface area (Å²) in [4.78, 5) is 6.04. The monoisotopic (exact) mass is 273 g/mol. The van der Waals surface area contributed by atoms with E-state index >= 15 is 0 Å². The fourth-order valence-corrected chi connectivity index (χ4v) is 3.56. The first-order valence-electron chi connectivity index (χ1n) is 6.83. The van der Waals surface area contributed by atoms with Crippen molar-refractivity contribution in [3.8, 4) is 0 Å². The van der Waals surface area contributed by atoms with Gasteiger partial charge in [0.2, 0.25) is 0 Å². The van der Waals surface area contributed by atoms with Crippen molar-refractivity contribution in [2.45, 2.75) is 31.7 Å². The summed E-state index contributed by atoms with van der Waals surface area (Å²) in [5.41, 5.74) is 8.61. The summed E-state index contributed by atoms with van der Waals surface area (Å²) in [6.07, 6.45) is 4.13. The summed E-state index contributed by atoms with van der Waals surface area (Å²) in [5, 5.41) is 4.48. The molecule has 100 valence electrons. The highest BCUT2D eigenvalue weighted by Gasteiger charge is 2.19. The van der Waals surface area contributed by atoms with E-state index in [9.17, 15) is 0 Å². The topological polar surface area (TPSA) is 50.9 Å². The normalized spacial score (nSPS) is 18.1. The fourth-order valence-electron chi connectivity index (χ4n) is 2.43. The zero-order chi connectivity index (χ0) is 13.1. The molecule has 0 amide bonds. The first-order chi connectivity index (χ1) is 9.31. The average molecular weight is 273 g/mol. The molecule has 19 heavy (non-hydrogen) atoms. The van der Waals surface area contributed by atoms with Crippen LogP contribution in [0.15, 0.2) is 30.3 Å². The van der Waals surface area contributed by atoms with Gasteiger partial charge in [0.15, 0.2) is 5.13 Å². The lowest BCUT2D eigenvalue weighted by Crippen LogP contribution is -2.26. The van der Waals surface area contributed by atoms with Crippen LogP contribution in [-0.4, -0.2) is 17.6 Å². The Kier molecular flexibility index (Phi) is 3.80. The summed E-state index contributed by atoms with van der Waals surface area (Å²) >= 11 is 1.77. The van der Waals surface area contributed by atoms with Gasteiger partial charge in [0, 0.05) is 17.5 Å². The SMILES string of the molecule is NC1CCc2nc(NCCc3ccccc3)sc2C1. The second-order valence-electron chi connectivity index (χ2n) is 5.05. The molecule has 3 nitrogen and oxygen atoms in total. The van der Waals surface area contributed by atoms with Gasteiger partial charge in [-0.25, -0.2) is 4.98 Å². The molecule has 3 rings (SSSR count). The largest absolute Gasteiger partial charge is 0.361 e. The van der Waals surface area contributed by atoms with Crippen molar-refractivity contribution >= 4 is 16.5 Å². The van der Waals surface area contributed by atoms with Crippen LogP contribution < -0.4 is 11.1 Å². The summed E-state index contributed by atoms with van der Waals surface area (Å²) in [7, 11) is 0. The molecule has 3 N–H and O–H groups in total. The molecule has 4 heteroatoms. The third-order valence-corrected chi connectivity index (χ3v) is 4.59. The number of fused-ring (bicyclic) bond motifs is 1. The Morgan fingerprint density at radius 2 is 2.16 bits per heavy atom. The highest BCUT2D eigenvalue weighted by Crippen LogP contribution is 2.29. The first kappa shape index (κ1) is 12.6. The van der Waals surface area contributed by atoms with Crippen molar-refractivity contribution < 1.29 is 0 Å². The molecule has 1 aliphatic carbocycles. The van der Waals surface area contributed by atoms with E-state index in [1.165, 1.54) is 16.1 Å². The zero-order valence-corrected chi connectivity index (χ0v) is 11.7.